The first-order valence-electron chi connectivity index (χ1n) is 7.64. The van der Waals surface area contributed by atoms with E-state index in [1.165, 1.54) is 0 Å². The van der Waals surface area contributed by atoms with Gasteiger partial charge in [-0.05, 0) is 24.7 Å². The molecule has 0 saturated carbocycles. The van der Waals surface area contributed by atoms with Gasteiger partial charge in [0.2, 0.25) is 0 Å². The predicted octanol–water partition coefficient (Wildman–Crippen LogP) is 1.65. The molecule has 2 heterocycles. The number of rotatable bonds is 2. The summed E-state index contributed by atoms with van der Waals surface area (Å²) in [6.45, 7) is 6.44. The van der Waals surface area contributed by atoms with Crippen LogP contribution in [0.1, 0.15) is 33.1 Å². The highest BCUT2D eigenvalue weighted by Gasteiger charge is 2.40. The van der Waals surface area contributed by atoms with Gasteiger partial charge >= 0.3 is 12.0 Å². The Morgan fingerprint density at radius 3 is 2.62 bits per heavy atom. The molecule has 2 saturated heterocycles. The van der Waals surface area contributed by atoms with Gasteiger partial charge < -0.3 is 19.6 Å². The number of urea groups is 1. The van der Waals surface area contributed by atoms with Crippen LogP contribution in [0.15, 0.2) is 0 Å². The molecule has 2 aliphatic heterocycles. The van der Waals surface area contributed by atoms with Crippen molar-refractivity contribution in [2.24, 2.45) is 11.3 Å². The van der Waals surface area contributed by atoms with Crippen LogP contribution in [0.25, 0.3) is 0 Å². The lowest BCUT2D eigenvalue weighted by Gasteiger charge is -2.32. The van der Waals surface area contributed by atoms with Crippen LogP contribution in [-0.2, 0) is 9.53 Å². The summed E-state index contributed by atoms with van der Waals surface area (Å²) in [5, 5.41) is 9.21. The molecule has 0 aromatic heterocycles. The van der Waals surface area contributed by atoms with Crippen molar-refractivity contribution in [1.82, 2.24) is 9.80 Å². The second-order valence-corrected chi connectivity index (χ2v) is 6.95. The highest BCUT2D eigenvalue weighted by atomic mass is 16.5. The van der Waals surface area contributed by atoms with Crippen LogP contribution < -0.4 is 0 Å². The number of likely N-dealkylation sites (tertiary alicyclic amines) is 1. The molecule has 0 aliphatic carbocycles. The van der Waals surface area contributed by atoms with Crippen LogP contribution >= 0.6 is 0 Å². The normalized spacial score (nSPS) is 29.0. The van der Waals surface area contributed by atoms with E-state index in [9.17, 15) is 14.7 Å². The second kappa shape index (κ2) is 6.22. The van der Waals surface area contributed by atoms with Crippen molar-refractivity contribution in [3.8, 4) is 0 Å². The fourth-order valence-electron chi connectivity index (χ4n) is 3.14. The second-order valence-electron chi connectivity index (χ2n) is 6.95. The number of aliphatic carboxylic acids is 1. The molecule has 6 heteroatoms. The van der Waals surface area contributed by atoms with Gasteiger partial charge in [0.05, 0.1) is 19.3 Å². The van der Waals surface area contributed by atoms with E-state index in [1.807, 2.05) is 4.90 Å². The Morgan fingerprint density at radius 2 is 1.95 bits per heavy atom. The van der Waals surface area contributed by atoms with Gasteiger partial charge in [-0.3, -0.25) is 4.79 Å². The maximum atomic E-state index is 12.6. The SMILES string of the molecule is CN(C(=O)N1CCCC(C)(C)CC1)C1COCC1C(=O)O. The van der Waals surface area contributed by atoms with Crippen molar-refractivity contribution < 1.29 is 19.4 Å². The number of ether oxygens (including phenoxy) is 1. The molecule has 120 valence electrons. The van der Waals surface area contributed by atoms with Crippen LogP contribution in [0, 0.1) is 11.3 Å². The first kappa shape index (κ1) is 16.1. The van der Waals surface area contributed by atoms with Crippen molar-refractivity contribution in [1.29, 1.82) is 0 Å². The molecule has 2 rings (SSSR count). The lowest BCUT2D eigenvalue weighted by atomic mass is 9.85. The van der Waals surface area contributed by atoms with Gasteiger partial charge in [-0.25, -0.2) is 4.79 Å². The minimum atomic E-state index is -0.894. The Kier molecular flexibility index (Phi) is 4.76. The summed E-state index contributed by atoms with van der Waals surface area (Å²) in [4.78, 5) is 27.3. The summed E-state index contributed by atoms with van der Waals surface area (Å²) in [5.74, 6) is -1.52. The number of carbonyl (C=O) groups is 2. The average Bonchev–Trinajstić information content (AvgIpc) is 2.83. The zero-order valence-corrected chi connectivity index (χ0v) is 13.2. The predicted molar refractivity (Wildman–Crippen MR) is 78.1 cm³/mol. The standard InChI is InChI=1S/C15H26N2O4/c1-15(2)5-4-7-17(8-6-15)14(20)16(3)12-10-21-9-11(12)13(18)19/h11-12H,4-10H2,1-3H3,(H,18,19). The van der Waals surface area contributed by atoms with Gasteiger partial charge in [-0.15, -0.1) is 0 Å². The Balaban J connectivity index is 2.00. The van der Waals surface area contributed by atoms with Crippen molar-refractivity contribution in [2.45, 2.75) is 39.2 Å². The van der Waals surface area contributed by atoms with E-state index < -0.39 is 11.9 Å². The number of hydrogen-bond acceptors (Lipinski definition) is 3. The Bertz CT molecular complexity index is 410. The molecule has 0 radical (unpaired) electrons. The largest absolute Gasteiger partial charge is 0.481 e. The Morgan fingerprint density at radius 1 is 1.24 bits per heavy atom. The molecule has 2 unspecified atom stereocenters. The molecule has 6 nitrogen and oxygen atoms in total. The summed E-state index contributed by atoms with van der Waals surface area (Å²) >= 11 is 0. The fraction of sp³-hybridized carbons (Fsp3) is 0.867. The van der Waals surface area contributed by atoms with E-state index in [4.69, 9.17) is 4.74 Å². The van der Waals surface area contributed by atoms with Crippen LogP contribution in [-0.4, -0.2) is 66.3 Å². The van der Waals surface area contributed by atoms with Gasteiger partial charge in [0.1, 0.15) is 5.92 Å². The molecule has 0 aromatic rings. The molecule has 1 N–H and O–H groups in total. The molecule has 2 fully saturated rings. The quantitative estimate of drug-likeness (QED) is 0.841. The maximum absolute atomic E-state index is 12.6. The fourth-order valence-corrected chi connectivity index (χ4v) is 3.14. The monoisotopic (exact) mass is 298 g/mol. The van der Waals surface area contributed by atoms with Crippen molar-refractivity contribution in [3.05, 3.63) is 0 Å². The van der Waals surface area contributed by atoms with Crippen LogP contribution in [0.4, 0.5) is 4.79 Å². The third kappa shape index (κ3) is 3.67. The van der Waals surface area contributed by atoms with E-state index in [0.717, 1.165) is 32.4 Å². The summed E-state index contributed by atoms with van der Waals surface area (Å²) in [5.41, 5.74) is 0.271. The number of carboxylic acids is 1. The first-order valence-corrected chi connectivity index (χ1v) is 7.64. The topological polar surface area (TPSA) is 70.1 Å². The molecule has 21 heavy (non-hydrogen) atoms. The van der Waals surface area contributed by atoms with E-state index in [0.29, 0.717) is 6.61 Å². The van der Waals surface area contributed by atoms with Gasteiger partial charge in [-0.1, -0.05) is 13.8 Å². The van der Waals surface area contributed by atoms with Crippen LogP contribution in [0.5, 0.6) is 0 Å². The average molecular weight is 298 g/mol. The summed E-state index contributed by atoms with van der Waals surface area (Å²) < 4.78 is 5.25. The van der Waals surface area contributed by atoms with E-state index in [-0.39, 0.29) is 24.1 Å². The number of carboxylic acid groups (broad SMARTS) is 1. The molecule has 0 bridgehead atoms. The number of amides is 2. The minimum Gasteiger partial charge on any atom is -0.481 e. The minimum absolute atomic E-state index is 0.0746. The number of nitrogens with zero attached hydrogens (tertiary/aromatic N) is 2. The summed E-state index contributed by atoms with van der Waals surface area (Å²) in [7, 11) is 1.69. The van der Waals surface area contributed by atoms with Gasteiger partial charge in [0.25, 0.3) is 0 Å². The lowest BCUT2D eigenvalue weighted by Crippen LogP contribution is -2.50. The zero-order valence-electron chi connectivity index (χ0n) is 13.2. The molecular weight excluding hydrogens is 272 g/mol. The summed E-state index contributed by atoms with van der Waals surface area (Å²) in [6.07, 6.45) is 3.09. The molecule has 2 aliphatic rings. The number of carbonyl (C=O) groups excluding carboxylic acids is 1. The maximum Gasteiger partial charge on any atom is 0.320 e. The highest BCUT2D eigenvalue weighted by Crippen LogP contribution is 2.30. The zero-order chi connectivity index (χ0) is 15.6. The van der Waals surface area contributed by atoms with Gasteiger partial charge in [0, 0.05) is 20.1 Å². The molecular formula is C15H26N2O4. The van der Waals surface area contributed by atoms with Crippen molar-refractivity contribution in [3.63, 3.8) is 0 Å². The van der Waals surface area contributed by atoms with Gasteiger partial charge in [-0.2, -0.15) is 0 Å². The van der Waals surface area contributed by atoms with Crippen molar-refractivity contribution >= 4 is 12.0 Å². The van der Waals surface area contributed by atoms with Crippen molar-refractivity contribution in [2.75, 3.05) is 33.4 Å². The number of hydrogen-bond donors (Lipinski definition) is 1. The Hall–Kier alpha value is -1.30. The summed E-state index contributed by atoms with van der Waals surface area (Å²) in [6, 6.07) is -0.444. The molecule has 2 amide bonds. The first-order chi connectivity index (χ1) is 9.82. The van der Waals surface area contributed by atoms with E-state index in [1.54, 1.807) is 11.9 Å². The molecule has 0 spiro atoms. The smallest absolute Gasteiger partial charge is 0.320 e. The van der Waals surface area contributed by atoms with E-state index in [2.05, 4.69) is 13.8 Å². The third-order valence-corrected chi connectivity index (χ3v) is 4.78. The lowest BCUT2D eigenvalue weighted by molar-refractivity contribution is -0.142. The third-order valence-electron chi connectivity index (χ3n) is 4.78. The van der Waals surface area contributed by atoms with E-state index >= 15 is 0 Å². The molecule has 0 aromatic carbocycles. The number of likely N-dealkylation sites (N-methyl/N-ethyl adjacent to an activating group) is 1. The molecule has 2 atom stereocenters. The van der Waals surface area contributed by atoms with Crippen LogP contribution in [0.3, 0.4) is 0 Å². The van der Waals surface area contributed by atoms with Gasteiger partial charge in [0.15, 0.2) is 0 Å². The van der Waals surface area contributed by atoms with Crippen LogP contribution in [0.2, 0.25) is 0 Å². The highest BCUT2D eigenvalue weighted by molar-refractivity contribution is 5.77. The Labute approximate surface area is 126 Å².